The summed E-state index contributed by atoms with van der Waals surface area (Å²) in [5, 5.41) is 1.88. The van der Waals surface area contributed by atoms with Crippen LogP contribution in [-0.4, -0.2) is 40.1 Å². The highest BCUT2D eigenvalue weighted by Gasteiger charge is 2.26. The predicted molar refractivity (Wildman–Crippen MR) is 75.6 cm³/mol. The van der Waals surface area contributed by atoms with Crippen LogP contribution in [0.2, 0.25) is 0 Å². The maximum Gasteiger partial charge on any atom is 0.428 e. The predicted octanol–water partition coefficient (Wildman–Crippen LogP) is 1.61. The third-order valence-corrected chi connectivity index (χ3v) is 4.11. The highest BCUT2D eigenvalue weighted by atomic mass is 32.1. The lowest BCUT2D eigenvalue weighted by atomic mass is 10.3. The van der Waals surface area contributed by atoms with E-state index in [1.807, 2.05) is 12.1 Å². The Morgan fingerprint density at radius 2 is 2.38 bits per heavy atom. The minimum Gasteiger partial charge on any atom is -0.446 e. The van der Waals surface area contributed by atoms with Gasteiger partial charge in [-0.3, -0.25) is 15.2 Å². The van der Waals surface area contributed by atoms with Crippen molar-refractivity contribution in [1.29, 1.82) is 0 Å². The fourth-order valence-corrected chi connectivity index (χ4v) is 2.83. The molecule has 3 rings (SSSR count). The van der Waals surface area contributed by atoms with Gasteiger partial charge in [0.1, 0.15) is 16.5 Å². The molecule has 0 saturated carbocycles. The molecule has 0 spiro atoms. The molecule has 3 heterocycles. The van der Waals surface area contributed by atoms with Gasteiger partial charge in [-0.15, -0.1) is 11.3 Å². The summed E-state index contributed by atoms with van der Waals surface area (Å²) in [6.45, 7) is 2.38. The number of carbonyl (C=O) groups excluding carboxylic acids is 2. The molecule has 0 aromatic carbocycles. The van der Waals surface area contributed by atoms with Crippen molar-refractivity contribution in [2.24, 2.45) is 0 Å². The van der Waals surface area contributed by atoms with Crippen molar-refractivity contribution in [3.05, 3.63) is 35.1 Å². The van der Waals surface area contributed by atoms with Crippen molar-refractivity contribution in [2.45, 2.75) is 6.92 Å². The van der Waals surface area contributed by atoms with Crippen LogP contribution in [0.4, 0.5) is 4.79 Å². The SMILES string of the molecule is Cc1nc(-c2cccnc2)sc1C(=O)NN1CCOC1=O. The molecule has 0 radical (unpaired) electrons. The summed E-state index contributed by atoms with van der Waals surface area (Å²) in [6, 6.07) is 3.69. The van der Waals surface area contributed by atoms with E-state index in [4.69, 9.17) is 4.74 Å². The molecule has 0 atom stereocenters. The number of amides is 2. The number of thiazole rings is 1. The zero-order valence-electron chi connectivity index (χ0n) is 11.2. The lowest BCUT2D eigenvalue weighted by Gasteiger charge is -2.12. The first-order chi connectivity index (χ1) is 10.1. The van der Waals surface area contributed by atoms with E-state index in [2.05, 4.69) is 15.4 Å². The molecule has 8 heteroatoms. The normalized spacial score (nSPS) is 14.1. The fourth-order valence-electron chi connectivity index (χ4n) is 1.89. The molecule has 21 heavy (non-hydrogen) atoms. The van der Waals surface area contributed by atoms with Crippen LogP contribution in [0.15, 0.2) is 24.5 Å². The lowest BCUT2D eigenvalue weighted by Crippen LogP contribution is -2.42. The minimum absolute atomic E-state index is 0.279. The topological polar surface area (TPSA) is 84.4 Å². The Morgan fingerprint density at radius 3 is 3.05 bits per heavy atom. The number of pyridine rings is 1. The molecule has 1 aliphatic rings. The molecule has 2 aromatic rings. The number of cyclic esters (lactones) is 1. The second-order valence-electron chi connectivity index (χ2n) is 4.38. The van der Waals surface area contributed by atoms with Gasteiger partial charge in [-0.05, 0) is 19.1 Å². The van der Waals surface area contributed by atoms with Crippen molar-refractivity contribution < 1.29 is 14.3 Å². The van der Waals surface area contributed by atoms with Crippen molar-refractivity contribution >= 4 is 23.3 Å². The number of aryl methyl sites for hydroxylation is 1. The van der Waals surface area contributed by atoms with Gasteiger partial charge in [0.25, 0.3) is 5.91 Å². The molecule has 2 aromatic heterocycles. The minimum atomic E-state index is -0.544. The van der Waals surface area contributed by atoms with E-state index in [9.17, 15) is 9.59 Å². The van der Waals surface area contributed by atoms with E-state index in [1.165, 1.54) is 11.3 Å². The van der Waals surface area contributed by atoms with Crippen molar-refractivity contribution in [3.8, 4) is 10.6 Å². The van der Waals surface area contributed by atoms with Crippen LogP contribution in [0, 0.1) is 6.92 Å². The second kappa shape index (κ2) is 5.49. The highest BCUT2D eigenvalue weighted by Crippen LogP contribution is 2.27. The Bertz CT molecular complexity index is 686. The third-order valence-electron chi connectivity index (χ3n) is 2.91. The number of carbonyl (C=O) groups is 2. The summed E-state index contributed by atoms with van der Waals surface area (Å²) in [7, 11) is 0. The van der Waals surface area contributed by atoms with Crippen molar-refractivity contribution in [1.82, 2.24) is 20.4 Å². The summed E-state index contributed by atoms with van der Waals surface area (Å²) in [5.41, 5.74) is 3.99. The first kappa shape index (κ1) is 13.5. The zero-order valence-corrected chi connectivity index (χ0v) is 12.0. The van der Waals surface area contributed by atoms with E-state index in [1.54, 1.807) is 19.3 Å². The maximum absolute atomic E-state index is 12.2. The number of rotatable bonds is 3. The number of hydrogen-bond acceptors (Lipinski definition) is 6. The molecule has 2 amide bonds. The van der Waals surface area contributed by atoms with Gasteiger partial charge in [0, 0.05) is 18.0 Å². The molecule has 0 aliphatic carbocycles. The molecule has 1 N–H and O–H groups in total. The average molecular weight is 304 g/mol. The van der Waals surface area contributed by atoms with Crippen LogP contribution < -0.4 is 5.43 Å². The monoisotopic (exact) mass is 304 g/mol. The van der Waals surface area contributed by atoms with Crippen LogP contribution in [0.3, 0.4) is 0 Å². The van der Waals surface area contributed by atoms with E-state index >= 15 is 0 Å². The number of ether oxygens (including phenoxy) is 1. The average Bonchev–Trinajstić information content (AvgIpc) is 3.06. The molecule has 1 saturated heterocycles. The van der Waals surface area contributed by atoms with Crippen molar-refractivity contribution in [3.63, 3.8) is 0 Å². The van der Waals surface area contributed by atoms with Crippen molar-refractivity contribution in [2.75, 3.05) is 13.2 Å². The smallest absolute Gasteiger partial charge is 0.428 e. The number of nitrogens with zero attached hydrogens (tertiary/aromatic N) is 3. The van der Waals surface area contributed by atoms with E-state index in [-0.39, 0.29) is 12.5 Å². The Labute approximate surface area is 124 Å². The van der Waals surface area contributed by atoms with Gasteiger partial charge in [0.15, 0.2) is 0 Å². The second-order valence-corrected chi connectivity index (χ2v) is 5.38. The van der Waals surface area contributed by atoms with Crippen LogP contribution >= 0.6 is 11.3 Å². The van der Waals surface area contributed by atoms with Gasteiger partial charge in [0.05, 0.1) is 12.2 Å². The molecule has 0 unspecified atom stereocenters. The summed E-state index contributed by atoms with van der Waals surface area (Å²) in [5.74, 6) is -0.362. The maximum atomic E-state index is 12.2. The largest absolute Gasteiger partial charge is 0.446 e. The van der Waals surface area contributed by atoms with Gasteiger partial charge in [0.2, 0.25) is 0 Å². The number of nitrogens with one attached hydrogen (secondary N) is 1. The Morgan fingerprint density at radius 1 is 1.52 bits per heavy atom. The van der Waals surface area contributed by atoms with Crippen LogP contribution in [-0.2, 0) is 4.74 Å². The zero-order chi connectivity index (χ0) is 14.8. The van der Waals surface area contributed by atoms with Crippen LogP contribution in [0.1, 0.15) is 15.4 Å². The third kappa shape index (κ3) is 2.70. The van der Waals surface area contributed by atoms with E-state index in [0.29, 0.717) is 17.1 Å². The molecule has 1 aliphatic heterocycles. The Hall–Kier alpha value is -2.48. The summed E-state index contributed by atoms with van der Waals surface area (Å²) >= 11 is 1.26. The quantitative estimate of drug-likeness (QED) is 0.931. The summed E-state index contributed by atoms with van der Waals surface area (Å²) in [6.07, 6.45) is 2.83. The standard InChI is InChI=1S/C13H12N4O3S/c1-8-10(11(18)16-17-5-6-20-13(17)19)21-12(15-8)9-3-2-4-14-7-9/h2-4,7H,5-6H2,1H3,(H,16,18). The molecule has 7 nitrogen and oxygen atoms in total. The van der Waals surface area contributed by atoms with Gasteiger partial charge < -0.3 is 4.74 Å². The van der Waals surface area contributed by atoms with Gasteiger partial charge in [-0.25, -0.2) is 14.8 Å². The summed E-state index contributed by atoms with van der Waals surface area (Å²) < 4.78 is 4.76. The molecular weight excluding hydrogens is 292 g/mol. The van der Waals surface area contributed by atoms with Gasteiger partial charge >= 0.3 is 6.09 Å². The van der Waals surface area contributed by atoms with Gasteiger partial charge in [-0.2, -0.15) is 0 Å². The number of hydrazine groups is 1. The molecular formula is C13H12N4O3S. The Balaban J connectivity index is 1.81. The summed E-state index contributed by atoms with van der Waals surface area (Å²) in [4.78, 5) is 32.4. The van der Waals surface area contributed by atoms with Gasteiger partial charge in [-0.1, -0.05) is 0 Å². The number of aromatic nitrogens is 2. The Kier molecular flexibility index (Phi) is 3.53. The molecule has 1 fully saturated rings. The van der Waals surface area contributed by atoms with E-state index < -0.39 is 6.09 Å². The fraction of sp³-hybridized carbons (Fsp3) is 0.231. The first-order valence-corrected chi connectivity index (χ1v) is 7.10. The number of hydrogen-bond donors (Lipinski definition) is 1. The van der Waals surface area contributed by atoms with Crippen LogP contribution in [0.25, 0.3) is 10.6 Å². The molecule has 0 bridgehead atoms. The lowest BCUT2D eigenvalue weighted by molar-refractivity contribution is 0.0835. The van der Waals surface area contributed by atoms with Crippen LogP contribution in [0.5, 0.6) is 0 Å². The first-order valence-electron chi connectivity index (χ1n) is 6.28. The molecule has 108 valence electrons. The van der Waals surface area contributed by atoms with E-state index in [0.717, 1.165) is 15.6 Å². The highest BCUT2D eigenvalue weighted by molar-refractivity contribution is 7.17.